The minimum absolute atomic E-state index is 0.0784. The summed E-state index contributed by atoms with van der Waals surface area (Å²) in [5.41, 5.74) is 2.20. The highest BCUT2D eigenvalue weighted by Crippen LogP contribution is 2.46. The third kappa shape index (κ3) is 2.42. The van der Waals surface area contributed by atoms with Gasteiger partial charge in [-0.15, -0.1) is 10.5 Å². The number of benzene rings is 2. The van der Waals surface area contributed by atoms with Crippen molar-refractivity contribution in [1.29, 1.82) is 0 Å². The number of nitrogens with zero attached hydrogens (tertiary/aromatic N) is 1. The second-order valence-corrected chi connectivity index (χ2v) is 6.75. The van der Waals surface area contributed by atoms with Crippen LogP contribution in [0.3, 0.4) is 0 Å². The van der Waals surface area contributed by atoms with Gasteiger partial charge in [0, 0.05) is 22.8 Å². The van der Waals surface area contributed by atoms with Crippen LogP contribution in [0.15, 0.2) is 46.2 Å². The lowest BCUT2D eigenvalue weighted by atomic mass is 10.0. The van der Waals surface area contributed by atoms with Gasteiger partial charge in [0.05, 0.1) is 4.92 Å². The molecule has 5 nitrogen and oxygen atoms in total. The number of carbonyl (C=O) groups excluding carboxylic acids is 1. The monoisotopic (exact) mass is 314 g/mol. The van der Waals surface area contributed by atoms with Gasteiger partial charge < -0.3 is 5.32 Å². The third-order valence-corrected chi connectivity index (χ3v) is 5.41. The second kappa shape index (κ2) is 5.38. The van der Waals surface area contributed by atoms with Gasteiger partial charge in [-0.25, -0.2) is 0 Å². The minimum Gasteiger partial charge on any atom is -0.321 e. The summed E-state index contributed by atoms with van der Waals surface area (Å²) >= 11 is 0. The molecule has 6 heteroatoms. The maximum absolute atomic E-state index is 11.3. The molecule has 0 spiro atoms. The molecule has 0 aromatic heterocycles. The van der Waals surface area contributed by atoms with E-state index in [1.807, 2.05) is 24.3 Å². The molecule has 1 aliphatic heterocycles. The van der Waals surface area contributed by atoms with Crippen molar-refractivity contribution in [2.24, 2.45) is 0 Å². The van der Waals surface area contributed by atoms with E-state index in [4.69, 9.17) is 0 Å². The summed E-state index contributed by atoms with van der Waals surface area (Å²) < 4.78 is 0. The molecule has 2 aromatic rings. The Morgan fingerprint density at radius 2 is 2.00 bits per heavy atom. The summed E-state index contributed by atoms with van der Waals surface area (Å²) in [4.78, 5) is 24.2. The first-order valence-corrected chi connectivity index (χ1v) is 8.07. The molecule has 2 aromatic carbocycles. The van der Waals surface area contributed by atoms with E-state index in [9.17, 15) is 14.9 Å². The predicted molar refractivity (Wildman–Crippen MR) is 87.9 cm³/mol. The molecule has 1 aliphatic rings. The second-order valence-electron chi connectivity index (χ2n) is 5.09. The van der Waals surface area contributed by atoms with Crippen LogP contribution in [-0.4, -0.2) is 16.7 Å². The van der Waals surface area contributed by atoms with Crippen molar-refractivity contribution in [1.82, 2.24) is 0 Å². The number of hydrogen-bond acceptors (Lipinski definition) is 3. The summed E-state index contributed by atoms with van der Waals surface area (Å²) in [6.07, 6.45) is 0.645. The van der Waals surface area contributed by atoms with Crippen LogP contribution in [0.2, 0.25) is 0 Å². The molecular formula is C16H14N2O3S. The average molecular weight is 314 g/mol. The Kier molecular flexibility index (Phi) is 3.54. The normalized spacial score (nSPS) is 15.6. The minimum atomic E-state index is -0.465. The molecule has 0 saturated carbocycles. The van der Waals surface area contributed by atoms with Crippen LogP contribution in [0.1, 0.15) is 18.1 Å². The van der Waals surface area contributed by atoms with Crippen molar-refractivity contribution in [3.05, 3.63) is 57.6 Å². The van der Waals surface area contributed by atoms with Gasteiger partial charge in [-0.3, -0.25) is 14.9 Å². The van der Waals surface area contributed by atoms with Crippen LogP contribution >= 0.6 is 10.5 Å². The number of anilines is 1. The van der Waals surface area contributed by atoms with Gasteiger partial charge in [-0.1, -0.05) is 24.1 Å². The van der Waals surface area contributed by atoms with Crippen molar-refractivity contribution < 1.29 is 9.72 Å². The number of nitro benzene ring substituents is 1. The van der Waals surface area contributed by atoms with Gasteiger partial charge in [-0.05, 0) is 29.7 Å². The molecule has 1 atom stereocenters. The smallest absolute Gasteiger partial charge is 0.293 e. The Morgan fingerprint density at radius 3 is 2.68 bits per heavy atom. The Bertz CT molecular complexity index is 830. The molecule has 1 amide bonds. The summed E-state index contributed by atoms with van der Waals surface area (Å²) in [6, 6.07) is 11.2. The van der Waals surface area contributed by atoms with Gasteiger partial charge in [-0.2, -0.15) is 0 Å². The van der Waals surface area contributed by atoms with Crippen LogP contribution in [0.4, 0.5) is 11.4 Å². The fourth-order valence-corrected chi connectivity index (χ4v) is 4.28. The average Bonchev–Trinajstić information content (AvgIpc) is 2.47. The molecule has 0 fully saturated rings. The molecule has 22 heavy (non-hydrogen) atoms. The molecule has 1 unspecified atom stereocenters. The molecule has 0 radical (unpaired) electrons. The lowest BCUT2D eigenvalue weighted by Crippen LogP contribution is -2.10. The lowest BCUT2D eigenvalue weighted by molar-refractivity contribution is -0.384. The predicted octanol–water partition coefficient (Wildman–Crippen LogP) is 3.58. The number of hydrogen-bond donors (Lipinski definition) is 1. The van der Waals surface area contributed by atoms with E-state index < -0.39 is 15.4 Å². The number of nitro groups is 1. The fourth-order valence-electron chi connectivity index (χ4n) is 2.63. The number of carbonyl (C=O) groups is 1. The summed E-state index contributed by atoms with van der Waals surface area (Å²) in [5.74, 6) is 3.89. The highest BCUT2D eigenvalue weighted by Gasteiger charge is 2.24. The Balaban J connectivity index is 2.17. The first-order valence-electron chi connectivity index (χ1n) is 6.68. The lowest BCUT2D eigenvalue weighted by Gasteiger charge is -2.23. The van der Waals surface area contributed by atoms with Crippen molar-refractivity contribution in [3.63, 3.8) is 0 Å². The quantitative estimate of drug-likeness (QED) is 0.446. The van der Waals surface area contributed by atoms with Crippen molar-refractivity contribution in [2.75, 3.05) is 5.32 Å². The Labute approximate surface area is 130 Å². The summed E-state index contributed by atoms with van der Waals surface area (Å²) in [6.45, 7) is 1.34. The molecule has 112 valence electrons. The van der Waals surface area contributed by atoms with Crippen LogP contribution in [0, 0.1) is 10.1 Å². The van der Waals surface area contributed by atoms with E-state index in [2.05, 4.69) is 11.2 Å². The highest BCUT2D eigenvalue weighted by atomic mass is 32.2. The van der Waals surface area contributed by atoms with E-state index >= 15 is 0 Å². The molecule has 0 aliphatic carbocycles. The van der Waals surface area contributed by atoms with Crippen molar-refractivity contribution in [2.45, 2.75) is 23.1 Å². The molecule has 0 bridgehead atoms. The van der Waals surface area contributed by atoms with Crippen molar-refractivity contribution >= 4 is 33.6 Å². The molecule has 1 N–H and O–H groups in total. The summed E-state index contributed by atoms with van der Waals surface area (Å²) in [7, 11) is -0.411. The first-order chi connectivity index (χ1) is 10.5. The Hall–Kier alpha value is -2.47. The van der Waals surface area contributed by atoms with Gasteiger partial charge >= 0.3 is 0 Å². The fraction of sp³-hybridized carbons (Fsp3) is 0.125. The standard InChI is InChI=1S/C16H14N2O3S/c1-10(19)17-13-9-16-12(8-14(13)18(20)21)7-11-5-3-4-6-15(11)22(16)2/h3-6,8-9H,2,7H2,1H3,(H,17,19). The number of amides is 1. The van der Waals surface area contributed by atoms with Gasteiger partial charge in [0.25, 0.3) is 5.69 Å². The van der Waals surface area contributed by atoms with E-state index in [-0.39, 0.29) is 17.3 Å². The molecule has 0 saturated heterocycles. The number of rotatable bonds is 2. The van der Waals surface area contributed by atoms with Gasteiger partial charge in [0.2, 0.25) is 5.91 Å². The molecular weight excluding hydrogens is 300 g/mol. The SMILES string of the molecule is C=S1c2ccccc2Cc2cc([N+](=O)[O-])c(NC(C)=O)cc21. The van der Waals surface area contributed by atoms with E-state index in [1.54, 1.807) is 12.1 Å². The van der Waals surface area contributed by atoms with Crippen LogP contribution < -0.4 is 5.32 Å². The van der Waals surface area contributed by atoms with Crippen molar-refractivity contribution in [3.8, 4) is 0 Å². The molecule has 1 heterocycles. The van der Waals surface area contributed by atoms with Gasteiger partial charge in [0.15, 0.2) is 0 Å². The van der Waals surface area contributed by atoms with Crippen LogP contribution in [0.25, 0.3) is 0 Å². The van der Waals surface area contributed by atoms with E-state index in [1.165, 1.54) is 6.92 Å². The summed E-state index contributed by atoms with van der Waals surface area (Å²) in [5, 5.41) is 13.8. The topological polar surface area (TPSA) is 72.2 Å². The maximum Gasteiger partial charge on any atom is 0.293 e. The zero-order valence-corrected chi connectivity index (χ0v) is 12.8. The first kappa shape index (κ1) is 14.5. The Morgan fingerprint density at radius 1 is 1.27 bits per heavy atom. The highest BCUT2D eigenvalue weighted by molar-refractivity contribution is 8.14. The molecule has 3 rings (SSSR count). The largest absolute Gasteiger partial charge is 0.321 e. The van der Waals surface area contributed by atoms with E-state index in [0.29, 0.717) is 6.42 Å². The zero-order chi connectivity index (χ0) is 15.9. The van der Waals surface area contributed by atoms with Crippen LogP contribution in [-0.2, 0) is 11.2 Å². The number of fused-ring (bicyclic) bond motifs is 2. The van der Waals surface area contributed by atoms with Crippen LogP contribution in [0.5, 0.6) is 0 Å². The number of nitrogens with one attached hydrogen (secondary N) is 1. The third-order valence-electron chi connectivity index (χ3n) is 3.57. The van der Waals surface area contributed by atoms with Gasteiger partial charge in [0.1, 0.15) is 5.69 Å². The van der Waals surface area contributed by atoms with E-state index in [0.717, 1.165) is 20.9 Å². The zero-order valence-electron chi connectivity index (χ0n) is 12.0. The maximum atomic E-state index is 11.3.